The van der Waals surface area contributed by atoms with E-state index in [1.807, 2.05) is 18.2 Å². The molecule has 1 aromatic carbocycles. The van der Waals surface area contributed by atoms with E-state index in [1.165, 1.54) is 12.8 Å². The van der Waals surface area contributed by atoms with Crippen molar-refractivity contribution in [3.63, 3.8) is 0 Å². The number of amides is 1. The lowest BCUT2D eigenvalue weighted by Crippen LogP contribution is -2.30. The van der Waals surface area contributed by atoms with Crippen LogP contribution in [-0.2, 0) is 9.84 Å². The van der Waals surface area contributed by atoms with E-state index in [9.17, 15) is 13.2 Å². The summed E-state index contributed by atoms with van der Waals surface area (Å²) in [7, 11) is -2.91. The average molecular weight is 337 g/mol. The largest absolute Gasteiger partial charge is 0.490 e. The number of nitrogens with one attached hydrogen (secondary N) is 1. The predicted octanol–water partition coefficient (Wildman–Crippen LogP) is 2.17. The smallest absolute Gasteiger partial charge is 0.255 e. The minimum absolute atomic E-state index is 0.0202. The summed E-state index contributed by atoms with van der Waals surface area (Å²) in [5, 5.41) is 2.86. The lowest BCUT2D eigenvalue weighted by molar-refractivity contribution is 0.0941. The fraction of sp³-hybridized carbons (Fsp3) is 0.588. The van der Waals surface area contributed by atoms with Gasteiger partial charge in [0.25, 0.3) is 5.91 Å². The van der Waals surface area contributed by atoms with Crippen LogP contribution < -0.4 is 10.1 Å². The number of hydrogen-bond donors (Lipinski definition) is 1. The number of carbonyl (C=O) groups is 1. The molecule has 5 nitrogen and oxygen atoms in total. The van der Waals surface area contributed by atoms with Gasteiger partial charge >= 0.3 is 0 Å². The van der Waals surface area contributed by atoms with E-state index in [1.54, 1.807) is 6.07 Å². The molecule has 1 heterocycles. The molecule has 1 atom stereocenters. The van der Waals surface area contributed by atoms with Crippen LogP contribution in [0.2, 0.25) is 0 Å². The summed E-state index contributed by atoms with van der Waals surface area (Å²) in [5.41, 5.74) is 0.528. The molecule has 1 aliphatic heterocycles. The molecule has 126 valence electrons. The van der Waals surface area contributed by atoms with Gasteiger partial charge in [-0.1, -0.05) is 12.1 Å². The van der Waals surface area contributed by atoms with Crippen LogP contribution in [0.25, 0.3) is 0 Å². The number of hydrogen-bond acceptors (Lipinski definition) is 4. The first kappa shape index (κ1) is 16.3. The van der Waals surface area contributed by atoms with Gasteiger partial charge in [0, 0.05) is 6.54 Å². The Balaban J connectivity index is 1.60. The van der Waals surface area contributed by atoms with E-state index in [-0.39, 0.29) is 29.4 Å². The molecule has 0 bridgehead atoms. The van der Waals surface area contributed by atoms with Gasteiger partial charge in [-0.2, -0.15) is 0 Å². The van der Waals surface area contributed by atoms with Gasteiger partial charge in [0.05, 0.1) is 23.2 Å². The van der Waals surface area contributed by atoms with Crippen LogP contribution in [0.5, 0.6) is 5.75 Å². The monoisotopic (exact) mass is 337 g/mol. The van der Waals surface area contributed by atoms with Gasteiger partial charge in [0.1, 0.15) is 5.75 Å². The van der Waals surface area contributed by atoms with E-state index in [0.29, 0.717) is 24.3 Å². The van der Waals surface area contributed by atoms with E-state index in [0.717, 1.165) is 12.8 Å². The van der Waals surface area contributed by atoms with E-state index < -0.39 is 9.84 Å². The van der Waals surface area contributed by atoms with E-state index in [2.05, 4.69) is 5.32 Å². The zero-order valence-corrected chi connectivity index (χ0v) is 14.0. The van der Waals surface area contributed by atoms with Crippen molar-refractivity contribution in [3.05, 3.63) is 29.8 Å². The Bertz CT molecular complexity index is 665. The quantitative estimate of drug-likeness (QED) is 0.894. The van der Waals surface area contributed by atoms with Crippen LogP contribution in [0.15, 0.2) is 24.3 Å². The van der Waals surface area contributed by atoms with Crippen molar-refractivity contribution in [2.45, 2.75) is 38.2 Å². The molecule has 23 heavy (non-hydrogen) atoms. The molecule has 0 spiro atoms. The Morgan fingerprint density at radius 3 is 2.61 bits per heavy atom. The van der Waals surface area contributed by atoms with Gasteiger partial charge in [0.15, 0.2) is 9.84 Å². The summed E-state index contributed by atoms with van der Waals surface area (Å²) < 4.78 is 28.9. The summed E-state index contributed by atoms with van der Waals surface area (Å²) in [6.45, 7) is 0.399. The van der Waals surface area contributed by atoms with Gasteiger partial charge in [0.2, 0.25) is 0 Å². The summed E-state index contributed by atoms with van der Waals surface area (Å²) >= 11 is 0. The van der Waals surface area contributed by atoms with Crippen molar-refractivity contribution < 1.29 is 17.9 Å². The lowest BCUT2D eigenvalue weighted by Gasteiger charge is -2.17. The maximum Gasteiger partial charge on any atom is 0.255 e. The third kappa shape index (κ3) is 4.25. The molecule has 1 amide bonds. The second kappa shape index (κ2) is 6.91. The van der Waals surface area contributed by atoms with Gasteiger partial charge in [-0.05, 0) is 50.2 Å². The first-order valence-corrected chi connectivity index (χ1v) is 10.1. The standard InChI is InChI=1S/C17H23NO4S/c19-17(18-11-13-9-10-23(20,21)12-13)15-7-3-4-8-16(15)22-14-5-1-2-6-14/h3-4,7-8,13-14H,1-2,5-6,9-12H2,(H,18,19). The number of sulfone groups is 1. The molecule has 2 aliphatic rings. The van der Waals surface area contributed by atoms with Gasteiger partial charge in [-0.3, -0.25) is 4.79 Å². The van der Waals surface area contributed by atoms with Crippen molar-refractivity contribution in [1.82, 2.24) is 5.32 Å². The van der Waals surface area contributed by atoms with Gasteiger partial charge < -0.3 is 10.1 Å². The molecule has 3 rings (SSSR count). The molecular weight excluding hydrogens is 314 g/mol. The fourth-order valence-electron chi connectivity index (χ4n) is 3.31. The summed E-state index contributed by atoms with van der Waals surface area (Å²) in [6, 6.07) is 7.26. The zero-order chi connectivity index (χ0) is 16.3. The summed E-state index contributed by atoms with van der Waals surface area (Å²) in [4.78, 5) is 12.4. The van der Waals surface area contributed by atoms with Crippen LogP contribution in [0.1, 0.15) is 42.5 Å². The third-order valence-electron chi connectivity index (χ3n) is 4.61. The molecule has 6 heteroatoms. The highest BCUT2D eigenvalue weighted by Crippen LogP contribution is 2.26. The minimum atomic E-state index is -2.91. The van der Waals surface area contributed by atoms with Crippen LogP contribution in [0.4, 0.5) is 0 Å². The summed E-state index contributed by atoms with van der Waals surface area (Å²) in [6.07, 6.45) is 5.25. The van der Waals surface area contributed by atoms with Crippen LogP contribution in [0.3, 0.4) is 0 Å². The Morgan fingerprint density at radius 1 is 1.17 bits per heavy atom. The van der Waals surface area contributed by atoms with Gasteiger partial charge in [-0.25, -0.2) is 8.42 Å². The Morgan fingerprint density at radius 2 is 1.91 bits per heavy atom. The maximum absolute atomic E-state index is 12.4. The number of benzene rings is 1. The summed E-state index contributed by atoms with van der Waals surface area (Å²) in [5.74, 6) is 0.855. The molecule has 1 aliphatic carbocycles. The van der Waals surface area contributed by atoms with E-state index >= 15 is 0 Å². The van der Waals surface area contributed by atoms with Crippen molar-refractivity contribution >= 4 is 15.7 Å². The molecule has 1 aromatic rings. The third-order valence-corrected chi connectivity index (χ3v) is 6.44. The number of para-hydroxylation sites is 1. The first-order valence-electron chi connectivity index (χ1n) is 8.28. The van der Waals surface area contributed by atoms with Crippen molar-refractivity contribution in [2.24, 2.45) is 5.92 Å². The Hall–Kier alpha value is -1.56. The molecule has 1 unspecified atom stereocenters. The van der Waals surface area contributed by atoms with Crippen molar-refractivity contribution in [1.29, 1.82) is 0 Å². The van der Waals surface area contributed by atoms with Crippen molar-refractivity contribution in [3.8, 4) is 5.75 Å². The number of rotatable bonds is 5. The zero-order valence-electron chi connectivity index (χ0n) is 13.2. The normalized spacial score (nSPS) is 23.7. The second-order valence-corrected chi connectivity index (χ2v) is 8.73. The van der Waals surface area contributed by atoms with Gasteiger partial charge in [-0.15, -0.1) is 0 Å². The molecule has 0 radical (unpaired) electrons. The molecule has 1 saturated carbocycles. The van der Waals surface area contributed by atoms with Crippen molar-refractivity contribution in [2.75, 3.05) is 18.1 Å². The molecule has 2 fully saturated rings. The highest BCUT2D eigenvalue weighted by molar-refractivity contribution is 7.91. The Labute approximate surface area is 137 Å². The molecule has 0 aromatic heterocycles. The minimum Gasteiger partial charge on any atom is -0.490 e. The molecule has 1 saturated heterocycles. The predicted molar refractivity (Wildman–Crippen MR) is 88.4 cm³/mol. The highest BCUT2D eigenvalue weighted by Gasteiger charge is 2.28. The first-order chi connectivity index (χ1) is 11.0. The Kier molecular flexibility index (Phi) is 4.90. The molecule has 1 N–H and O–H groups in total. The van der Waals surface area contributed by atoms with Crippen LogP contribution >= 0.6 is 0 Å². The topological polar surface area (TPSA) is 72.5 Å². The SMILES string of the molecule is O=C(NCC1CCS(=O)(=O)C1)c1ccccc1OC1CCCC1. The maximum atomic E-state index is 12.4. The van der Waals surface area contributed by atoms with Crippen LogP contribution in [0, 0.1) is 5.92 Å². The second-order valence-electron chi connectivity index (χ2n) is 6.50. The number of ether oxygens (including phenoxy) is 1. The lowest BCUT2D eigenvalue weighted by atomic mass is 10.1. The highest BCUT2D eigenvalue weighted by atomic mass is 32.2. The average Bonchev–Trinajstić information content (AvgIpc) is 3.15. The number of carbonyl (C=O) groups excluding carboxylic acids is 1. The van der Waals surface area contributed by atoms with Crippen LogP contribution in [-0.4, -0.2) is 38.5 Å². The van der Waals surface area contributed by atoms with E-state index in [4.69, 9.17) is 4.74 Å². The fourth-order valence-corrected chi connectivity index (χ4v) is 5.17. The molecular formula is C17H23NO4S.